The van der Waals surface area contributed by atoms with Gasteiger partial charge in [0.2, 0.25) is 5.91 Å². The van der Waals surface area contributed by atoms with Gasteiger partial charge in [0.1, 0.15) is 0 Å². The van der Waals surface area contributed by atoms with Crippen molar-refractivity contribution in [3.63, 3.8) is 0 Å². The maximum absolute atomic E-state index is 12.4. The Hall–Kier alpha value is -1.31. The highest BCUT2D eigenvalue weighted by atomic mass is 16.1. The highest BCUT2D eigenvalue weighted by Gasteiger charge is 2.40. The summed E-state index contributed by atoms with van der Waals surface area (Å²) in [7, 11) is 0. The third-order valence-electron chi connectivity index (χ3n) is 5.34. The second-order valence-corrected chi connectivity index (χ2v) is 7.98. The molecule has 1 amide bonds. The molecule has 0 aliphatic heterocycles. The fourth-order valence-electron chi connectivity index (χ4n) is 4.31. The van der Waals surface area contributed by atoms with E-state index in [2.05, 4.69) is 32.2 Å². The fourth-order valence-corrected chi connectivity index (χ4v) is 4.31. The number of amides is 1. The average molecular weight is 285 g/mol. The Balaban J connectivity index is 1.65. The molecule has 1 aromatic rings. The van der Waals surface area contributed by atoms with Gasteiger partial charge in [0.15, 0.2) is 0 Å². The van der Waals surface area contributed by atoms with E-state index in [1.807, 2.05) is 18.2 Å². The van der Waals surface area contributed by atoms with Gasteiger partial charge in [-0.1, -0.05) is 45.4 Å². The number of carbonyl (C=O) groups excluding carboxylic acids is 1. The number of rotatable bonds is 3. The molecule has 1 N–H and O–H groups in total. The second kappa shape index (κ2) is 5.47. The van der Waals surface area contributed by atoms with Crippen LogP contribution in [0.3, 0.4) is 0 Å². The lowest BCUT2D eigenvalue weighted by Gasteiger charge is -2.24. The summed E-state index contributed by atoms with van der Waals surface area (Å²) in [5.41, 5.74) is 2.25. The predicted molar refractivity (Wildman–Crippen MR) is 87.3 cm³/mol. The molecule has 21 heavy (non-hydrogen) atoms. The Morgan fingerprint density at radius 1 is 1.19 bits per heavy atom. The van der Waals surface area contributed by atoms with Crippen LogP contribution in [0.1, 0.15) is 58.4 Å². The lowest BCUT2D eigenvalue weighted by molar-refractivity contribution is -0.117. The number of anilines is 1. The molecule has 2 aliphatic carbocycles. The van der Waals surface area contributed by atoms with E-state index in [0.29, 0.717) is 12.3 Å². The zero-order chi connectivity index (χ0) is 15.0. The lowest BCUT2D eigenvalue weighted by Crippen LogP contribution is -2.22. The van der Waals surface area contributed by atoms with Gasteiger partial charge < -0.3 is 5.32 Å². The van der Waals surface area contributed by atoms with Crippen LogP contribution in [0.2, 0.25) is 0 Å². The number of hydrogen-bond acceptors (Lipinski definition) is 1. The minimum Gasteiger partial charge on any atom is -0.326 e. The first kappa shape index (κ1) is 14.6. The molecule has 0 unspecified atom stereocenters. The maximum Gasteiger partial charge on any atom is 0.224 e. The van der Waals surface area contributed by atoms with Crippen molar-refractivity contribution in [2.24, 2.45) is 17.8 Å². The summed E-state index contributed by atoms with van der Waals surface area (Å²) >= 11 is 0. The monoisotopic (exact) mass is 285 g/mol. The van der Waals surface area contributed by atoms with E-state index >= 15 is 0 Å². The summed E-state index contributed by atoms with van der Waals surface area (Å²) in [5.74, 6) is 2.56. The van der Waals surface area contributed by atoms with Crippen molar-refractivity contribution in [2.75, 3.05) is 5.32 Å². The summed E-state index contributed by atoms with van der Waals surface area (Å²) < 4.78 is 0. The number of hydrogen-bond donors (Lipinski definition) is 1. The van der Waals surface area contributed by atoms with Crippen LogP contribution in [0.5, 0.6) is 0 Å². The molecule has 114 valence electrons. The van der Waals surface area contributed by atoms with E-state index in [1.54, 1.807) is 0 Å². The summed E-state index contributed by atoms with van der Waals surface area (Å²) in [6.45, 7) is 6.57. The van der Waals surface area contributed by atoms with E-state index in [4.69, 9.17) is 0 Å². The number of carbonyl (C=O) groups is 1. The van der Waals surface area contributed by atoms with Crippen LogP contribution in [0.15, 0.2) is 24.3 Å². The van der Waals surface area contributed by atoms with Crippen LogP contribution in [-0.2, 0) is 10.2 Å². The summed E-state index contributed by atoms with van der Waals surface area (Å²) in [6.07, 6.45) is 6.10. The number of fused-ring (bicyclic) bond motifs is 2. The summed E-state index contributed by atoms with van der Waals surface area (Å²) in [4.78, 5) is 12.4. The molecule has 0 radical (unpaired) electrons. The molecule has 2 saturated carbocycles. The van der Waals surface area contributed by atoms with Crippen molar-refractivity contribution < 1.29 is 4.79 Å². The molecule has 0 aromatic heterocycles. The molecule has 2 bridgehead atoms. The molecule has 0 heterocycles. The Morgan fingerprint density at radius 3 is 2.57 bits per heavy atom. The zero-order valence-corrected chi connectivity index (χ0v) is 13.5. The largest absolute Gasteiger partial charge is 0.326 e. The van der Waals surface area contributed by atoms with Gasteiger partial charge in [-0.3, -0.25) is 4.79 Å². The molecule has 0 saturated heterocycles. The third-order valence-corrected chi connectivity index (χ3v) is 5.34. The molecule has 2 aliphatic rings. The second-order valence-electron chi connectivity index (χ2n) is 7.98. The van der Waals surface area contributed by atoms with Crippen LogP contribution < -0.4 is 5.32 Å². The molecular weight excluding hydrogens is 258 g/mol. The van der Waals surface area contributed by atoms with E-state index in [9.17, 15) is 4.79 Å². The van der Waals surface area contributed by atoms with E-state index < -0.39 is 0 Å². The van der Waals surface area contributed by atoms with Crippen molar-refractivity contribution in [1.82, 2.24) is 0 Å². The minimum absolute atomic E-state index is 0.0519. The van der Waals surface area contributed by atoms with E-state index in [1.165, 1.54) is 31.2 Å². The Kier molecular flexibility index (Phi) is 3.81. The highest BCUT2D eigenvalue weighted by Crippen LogP contribution is 2.49. The first-order chi connectivity index (χ1) is 9.93. The summed E-state index contributed by atoms with van der Waals surface area (Å²) in [6, 6.07) is 8.20. The molecule has 3 rings (SSSR count). The van der Waals surface area contributed by atoms with Gasteiger partial charge in [0.05, 0.1) is 0 Å². The van der Waals surface area contributed by atoms with Crippen molar-refractivity contribution in [3.05, 3.63) is 29.8 Å². The highest BCUT2D eigenvalue weighted by molar-refractivity contribution is 5.91. The van der Waals surface area contributed by atoms with Gasteiger partial charge in [-0.05, 0) is 54.1 Å². The lowest BCUT2D eigenvalue weighted by atomic mass is 9.85. The van der Waals surface area contributed by atoms with E-state index in [-0.39, 0.29) is 11.3 Å². The van der Waals surface area contributed by atoms with Crippen LogP contribution >= 0.6 is 0 Å². The van der Waals surface area contributed by atoms with Crippen molar-refractivity contribution in [3.8, 4) is 0 Å². The molecule has 1 aromatic carbocycles. The Morgan fingerprint density at radius 2 is 1.95 bits per heavy atom. The number of nitrogens with one attached hydrogen (secondary N) is 1. The van der Waals surface area contributed by atoms with Gasteiger partial charge in [-0.2, -0.15) is 0 Å². The maximum atomic E-state index is 12.4. The molecule has 2 nitrogen and oxygen atoms in total. The molecular formula is C19H27NO. The quantitative estimate of drug-likeness (QED) is 0.853. The normalized spacial score (nSPS) is 27.9. The average Bonchev–Trinajstić information content (AvgIpc) is 3.00. The number of para-hydroxylation sites is 1. The molecule has 0 spiro atoms. The Bertz CT molecular complexity index is 529. The van der Waals surface area contributed by atoms with Crippen molar-refractivity contribution in [2.45, 2.75) is 58.3 Å². The van der Waals surface area contributed by atoms with Gasteiger partial charge in [0, 0.05) is 12.1 Å². The topological polar surface area (TPSA) is 29.1 Å². The fraction of sp³-hybridized carbons (Fsp3) is 0.632. The van der Waals surface area contributed by atoms with Crippen LogP contribution in [0.25, 0.3) is 0 Å². The summed E-state index contributed by atoms with van der Waals surface area (Å²) in [5, 5.41) is 3.16. The number of benzene rings is 1. The smallest absolute Gasteiger partial charge is 0.224 e. The van der Waals surface area contributed by atoms with Gasteiger partial charge in [0.25, 0.3) is 0 Å². The van der Waals surface area contributed by atoms with Crippen LogP contribution in [-0.4, -0.2) is 5.91 Å². The standard InChI is InChI=1S/C19H27NO/c1-19(2,3)16-6-4-5-7-17(16)20-18(21)12-15-11-13-8-9-14(15)10-13/h4-7,13-15H,8-12H2,1-3H3,(H,20,21)/t13-,14+,15-/m0/s1. The first-order valence-corrected chi connectivity index (χ1v) is 8.33. The van der Waals surface area contributed by atoms with Crippen LogP contribution in [0, 0.1) is 17.8 Å². The zero-order valence-electron chi connectivity index (χ0n) is 13.5. The van der Waals surface area contributed by atoms with Gasteiger partial charge >= 0.3 is 0 Å². The van der Waals surface area contributed by atoms with Crippen molar-refractivity contribution in [1.29, 1.82) is 0 Å². The third kappa shape index (κ3) is 3.14. The molecule has 2 fully saturated rings. The molecule has 3 atom stereocenters. The van der Waals surface area contributed by atoms with Crippen LogP contribution in [0.4, 0.5) is 5.69 Å². The van der Waals surface area contributed by atoms with E-state index in [0.717, 1.165) is 17.5 Å². The molecule has 2 heteroatoms. The Labute approximate surface area is 128 Å². The SMILES string of the molecule is CC(C)(C)c1ccccc1NC(=O)C[C@@H]1C[C@H]2CC[C@@H]1C2. The van der Waals surface area contributed by atoms with Crippen molar-refractivity contribution >= 4 is 11.6 Å². The first-order valence-electron chi connectivity index (χ1n) is 8.33. The minimum atomic E-state index is 0.0519. The van der Waals surface area contributed by atoms with Gasteiger partial charge in [-0.15, -0.1) is 0 Å². The van der Waals surface area contributed by atoms with Gasteiger partial charge in [-0.25, -0.2) is 0 Å². The predicted octanol–water partition coefficient (Wildman–Crippen LogP) is 4.75.